The molecule has 5 unspecified atom stereocenters. The molecular weight excluding hydrogens is 326 g/mol. The number of carbonyl (C=O) groups is 1. The van der Waals surface area contributed by atoms with Gasteiger partial charge in [0.15, 0.2) is 0 Å². The average Bonchev–Trinajstić information content (AvgIpc) is 3.29. The van der Waals surface area contributed by atoms with Gasteiger partial charge in [-0.2, -0.15) is 0 Å². The number of hydrogen-bond acceptors (Lipinski definition) is 4. The third-order valence-electron chi connectivity index (χ3n) is 9.22. The predicted molar refractivity (Wildman–Crippen MR) is 96.6 cm³/mol. The first-order valence-electron chi connectivity index (χ1n) is 10.4. The van der Waals surface area contributed by atoms with Gasteiger partial charge < -0.3 is 9.94 Å². The summed E-state index contributed by atoms with van der Waals surface area (Å²) in [6, 6.07) is 0. The molecule has 0 radical (unpaired) electrons. The average molecular weight is 353 g/mol. The Labute approximate surface area is 154 Å². The molecule has 0 aromatic carbocycles. The van der Waals surface area contributed by atoms with E-state index in [2.05, 4.69) is 24.2 Å². The second-order valence-electron chi connectivity index (χ2n) is 9.87. The molecule has 138 valence electrons. The number of fused-ring (bicyclic) bond motifs is 9. The van der Waals surface area contributed by atoms with Crippen LogP contribution in [0.25, 0.3) is 0 Å². The number of carbonyl (C=O) groups excluding carboxylic acids is 1. The molecule has 0 aromatic rings. The lowest BCUT2D eigenvalue weighted by atomic mass is 9.50. The third-order valence-corrected chi connectivity index (χ3v) is 9.22. The monoisotopic (exact) mass is 353 g/mol. The summed E-state index contributed by atoms with van der Waals surface area (Å²) >= 11 is 0. The summed E-state index contributed by atoms with van der Waals surface area (Å²) in [7, 11) is 0. The van der Waals surface area contributed by atoms with Gasteiger partial charge in [-0.15, -0.1) is 0 Å². The molecule has 1 spiro atoms. The Kier molecular flexibility index (Phi) is 2.87. The fourth-order valence-corrected chi connectivity index (χ4v) is 8.02. The summed E-state index contributed by atoms with van der Waals surface area (Å²) in [5.74, 6) is 4.33. The van der Waals surface area contributed by atoms with Crippen molar-refractivity contribution in [2.75, 3.05) is 0 Å². The quantitative estimate of drug-likeness (QED) is 0.405. The van der Waals surface area contributed by atoms with E-state index in [0.29, 0.717) is 11.8 Å². The van der Waals surface area contributed by atoms with Gasteiger partial charge in [-0.25, -0.2) is 4.79 Å². The molecule has 0 saturated heterocycles. The van der Waals surface area contributed by atoms with E-state index in [0.717, 1.165) is 48.6 Å². The topological polar surface area (TPSA) is 58.9 Å². The van der Waals surface area contributed by atoms with Crippen LogP contribution < -0.4 is 0 Å². The van der Waals surface area contributed by atoms with Gasteiger partial charge in [-0.05, 0) is 92.6 Å². The van der Waals surface area contributed by atoms with Crippen LogP contribution in [-0.2, 0) is 9.53 Å². The van der Waals surface area contributed by atoms with Crippen LogP contribution in [0.1, 0.15) is 51.9 Å². The van der Waals surface area contributed by atoms with Crippen molar-refractivity contribution < 1.29 is 14.7 Å². The molecule has 0 bridgehead atoms. The smallest absolute Gasteiger partial charge is 0.331 e. The molecule has 6 aliphatic rings. The van der Waals surface area contributed by atoms with Crippen molar-refractivity contribution in [1.82, 2.24) is 0 Å². The Morgan fingerprint density at radius 3 is 2.85 bits per heavy atom. The van der Waals surface area contributed by atoms with Gasteiger partial charge in [0, 0.05) is 11.5 Å². The molecule has 4 fully saturated rings. The number of nitrogens with zero attached hydrogens (tertiary/aromatic N) is 1. The fourth-order valence-electron chi connectivity index (χ4n) is 8.02. The van der Waals surface area contributed by atoms with Crippen LogP contribution in [0.5, 0.6) is 0 Å². The van der Waals surface area contributed by atoms with Crippen molar-refractivity contribution in [2.24, 2.45) is 46.1 Å². The molecule has 6 rings (SSSR count). The first-order chi connectivity index (χ1) is 12.6. The zero-order valence-corrected chi connectivity index (χ0v) is 15.4. The molecule has 8 atom stereocenters. The highest BCUT2D eigenvalue weighted by Crippen LogP contribution is 2.72. The molecular formula is C22H27NO3. The van der Waals surface area contributed by atoms with E-state index in [1.807, 2.05) is 0 Å². The Morgan fingerprint density at radius 2 is 2.08 bits per heavy atom. The highest BCUT2D eigenvalue weighted by Gasteiger charge is 2.69. The van der Waals surface area contributed by atoms with Crippen molar-refractivity contribution in [3.05, 3.63) is 23.8 Å². The van der Waals surface area contributed by atoms with E-state index in [1.54, 1.807) is 11.6 Å². The SMILES string of the molecule is C[C@]12CCC3C(C4CC4C4=CC(=NO)CC[C@@H]43)C1CC[C@@]21C=CC(=O)O1. The van der Waals surface area contributed by atoms with Crippen molar-refractivity contribution in [3.63, 3.8) is 0 Å². The molecule has 4 heteroatoms. The van der Waals surface area contributed by atoms with E-state index in [4.69, 9.17) is 4.74 Å². The minimum atomic E-state index is -0.330. The third kappa shape index (κ3) is 1.72. The fraction of sp³-hybridized carbons (Fsp3) is 0.727. The lowest BCUT2D eigenvalue weighted by Crippen LogP contribution is -2.53. The van der Waals surface area contributed by atoms with Crippen molar-refractivity contribution in [1.29, 1.82) is 0 Å². The molecule has 1 heterocycles. The van der Waals surface area contributed by atoms with Gasteiger partial charge in [0.25, 0.3) is 0 Å². The largest absolute Gasteiger partial charge is 0.451 e. The number of esters is 1. The zero-order valence-electron chi connectivity index (χ0n) is 15.4. The van der Waals surface area contributed by atoms with Crippen LogP contribution in [0.3, 0.4) is 0 Å². The molecule has 4 nitrogen and oxygen atoms in total. The first-order valence-corrected chi connectivity index (χ1v) is 10.4. The number of allylic oxidation sites excluding steroid dienone is 2. The summed E-state index contributed by atoms with van der Waals surface area (Å²) in [5, 5.41) is 12.7. The molecule has 4 saturated carbocycles. The van der Waals surface area contributed by atoms with Crippen molar-refractivity contribution in [2.45, 2.75) is 57.5 Å². The Morgan fingerprint density at radius 1 is 1.19 bits per heavy atom. The van der Waals surface area contributed by atoms with Crippen LogP contribution in [0.4, 0.5) is 0 Å². The first kappa shape index (κ1) is 15.5. The molecule has 1 aliphatic heterocycles. The minimum absolute atomic E-state index is 0.109. The van der Waals surface area contributed by atoms with Gasteiger partial charge >= 0.3 is 5.97 Å². The van der Waals surface area contributed by atoms with Gasteiger partial charge in [0.2, 0.25) is 0 Å². The minimum Gasteiger partial charge on any atom is -0.451 e. The maximum atomic E-state index is 11.9. The standard InChI is InChI=1S/C22H27NO3/c1-21-7-4-14-13-3-2-12(23-25)10-15(13)16-11-17(16)20(14)18(21)5-8-22(21)9-6-19(24)26-22/h6,9-10,13-14,16-18,20,25H,2-5,7-8,11H2,1H3/t13-,14?,16?,17?,18?,20?,21+,22-/m1/s1. The van der Waals surface area contributed by atoms with Gasteiger partial charge in [-0.3, -0.25) is 0 Å². The molecule has 0 amide bonds. The number of rotatable bonds is 0. The Hall–Kier alpha value is -1.58. The van der Waals surface area contributed by atoms with Crippen molar-refractivity contribution in [3.8, 4) is 0 Å². The zero-order chi connectivity index (χ0) is 17.7. The lowest BCUT2D eigenvalue weighted by molar-refractivity contribution is -0.161. The van der Waals surface area contributed by atoms with E-state index in [1.165, 1.54) is 25.7 Å². The molecule has 1 N–H and O–H groups in total. The number of ether oxygens (including phenoxy) is 1. The van der Waals surface area contributed by atoms with Crippen LogP contribution in [0, 0.1) is 40.9 Å². The maximum absolute atomic E-state index is 11.9. The number of hydrogen-bond donors (Lipinski definition) is 1. The normalized spacial score (nSPS) is 55.0. The highest BCUT2D eigenvalue weighted by molar-refractivity contribution is 5.96. The van der Waals surface area contributed by atoms with E-state index >= 15 is 0 Å². The Balaban J connectivity index is 1.37. The summed E-state index contributed by atoms with van der Waals surface area (Å²) in [4.78, 5) is 11.9. The second kappa shape index (κ2) is 4.82. The maximum Gasteiger partial charge on any atom is 0.331 e. The molecule has 26 heavy (non-hydrogen) atoms. The second-order valence-corrected chi connectivity index (χ2v) is 9.87. The lowest BCUT2D eigenvalue weighted by Gasteiger charge is -2.55. The summed E-state index contributed by atoms with van der Waals surface area (Å²) < 4.78 is 5.94. The molecule has 0 aromatic heterocycles. The highest BCUT2D eigenvalue weighted by atomic mass is 16.6. The van der Waals surface area contributed by atoms with Gasteiger partial charge in [0.1, 0.15) is 5.60 Å². The summed E-state index contributed by atoms with van der Waals surface area (Å²) in [6.45, 7) is 2.41. The summed E-state index contributed by atoms with van der Waals surface area (Å²) in [5.41, 5.74) is 2.25. The van der Waals surface area contributed by atoms with Gasteiger partial charge in [-0.1, -0.05) is 17.7 Å². The van der Waals surface area contributed by atoms with Crippen molar-refractivity contribution >= 4 is 11.7 Å². The summed E-state index contributed by atoms with van der Waals surface area (Å²) in [6.07, 6.45) is 14.0. The van der Waals surface area contributed by atoms with Gasteiger partial charge in [0.05, 0.1) is 5.71 Å². The van der Waals surface area contributed by atoms with Crippen LogP contribution in [-0.4, -0.2) is 22.5 Å². The van der Waals surface area contributed by atoms with Crippen LogP contribution in [0.2, 0.25) is 0 Å². The van der Waals surface area contributed by atoms with Crippen LogP contribution >= 0.6 is 0 Å². The van der Waals surface area contributed by atoms with E-state index < -0.39 is 0 Å². The molecule has 5 aliphatic carbocycles. The Bertz CT molecular complexity index is 782. The van der Waals surface area contributed by atoms with Crippen LogP contribution in [0.15, 0.2) is 29.0 Å². The van der Waals surface area contributed by atoms with E-state index in [9.17, 15) is 10.0 Å². The predicted octanol–water partition coefficient (Wildman–Crippen LogP) is 4.10. The van der Waals surface area contributed by atoms with E-state index in [-0.39, 0.29) is 17.0 Å². The number of oxime groups is 1.